The molecule has 7 heteroatoms. The van der Waals surface area contributed by atoms with Crippen LogP contribution in [0.2, 0.25) is 10.0 Å². The van der Waals surface area contributed by atoms with Gasteiger partial charge in [0.15, 0.2) is 11.5 Å². The molecule has 0 aliphatic carbocycles. The van der Waals surface area contributed by atoms with Crippen molar-refractivity contribution in [2.45, 2.75) is 59.1 Å². The summed E-state index contributed by atoms with van der Waals surface area (Å²) in [7, 11) is 1.56. The van der Waals surface area contributed by atoms with Crippen molar-refractivity contribution < 1.29 is 13.9 Å². The van der Waals surface area contributed by atoms with Crippen LogP contribution in [0, 0.1) is 5.82 Å². The second-order valence-electron chi connectivity index (χ2n) is 8.18. The summed E-state index contributed by atoms with van der Waals surface area (Å²) in [5.41, 5.74) is 1.29. The number of methoxy groups -OCH3 is 1. The van der Waals surface area contributed by atoms with Crippen molar-refractivity contribution in [2.75, 3.05) is 33.3 Å². The highest BCUT2D eigenvalue weighted by Crippen LogP contribution is 2.37. The topological polar surface area (TPSA) is 33.7 Å². The van der Waals surface area contributed by atoms with E-state index in [9.17, 15) is 4.39 Å². The number of nitrogens with one attached hydrogen (secondary N) is 1. The monoisotopic (exact) mass is 498 g/mol. The highest BCUT2D eigenvalue weighted by molar-refractivity contribution is 6.32. The van der Waals surface area contributed by atoms with E-state index in [4.69, 9.17) is 32.7 Å². The second-order valence-corrected chi connectivity index (χ2v) is 8.99. The fourth-order valence-corrected chi connectivity index (χ4v) is 4.09. The van der Waals surface area contributed by atoms with Crippen molar-refractivity contribution in [1.29, 1.82) is 0 Å². The molecular formula is C26H37Cl2FN2O2. The number of rotatable bonds is 16. The summed E-state index contributed by atoms with van der Waals surface area (Å²) in [6.07, 6.45) is 6.08. The maximum absolute atomic E-state index is 14.0. The highest BCUT2D eigenvalue weighted by atomic mass is 35.5. The molecule has 0 atom stereocenters. The third-order valence-electron chi connectivity index (χ3n) is 5.52. The van der Waals surface area contributed by atoms with Crippen LogP contribution in [0.4, 0.5) is 4.39 Å². The molecule has 33 heavy (non-hydrogen) atoms. The number of ether oxygens (including phenoxy) is 2. The maximum Gasteiger partial charge on any atom is 0.180 e. The van der Waals surface area contributed by atoms with E-state index in [1.807, 2.05) is 12.1 Å². The Bertz CT molecular complexity index is 823. The van der Waals surface area contributed by atoms with Gasteiger partial charge >= 0.3 is 0 Å². The van der Waals surface area contributed by atoms with E-state index in [1.165, 1.54) is 44.8 Å². The number of unbranched alkanes of at least 4 members (excludes halogenated alkanes) is 2. The number of nitrogens with zero attached hydrogens (tertiary/aromatic N) is 1. The Labute approximate surface area is 208 Å². The Morgan fingerprint density at radius 1 is 0.970 bits per heavy atom. The zero-order valence-corrected chi connectivity index (χ0v) is 21.6. The SMILES string of the molecule is CCCCN(CCCC)CCCNCc1cc(Cl)c(OCc2c(F)cccc2Cl)c(OC)c1. The third-order valence-corrected chi connectivity index (χ3v) is 6.16. The molecule has 0 unspecified atom stereocenters. The summed E-state index contributed by atoms with van der Waals surface area (Å²) in [4.78, 5) is 2.57. The minimum absolute atomic E-state index is 0.0360. The Balaban J connectivity index is 1.88. The Kier molecular flexibility index (Phi) is 12.9. The fraction of sp³-hybridized carbons (Fsp3) is 0.538. The number of halogens is 3. The zero-order valence-electron chi connectivity index (χ0n) is 20.1. The lowest BCUT2D eigenvalue weighted by Crippen LogP contribution is -2.29. The van der Waals surface area contributed by atoms with Gasteiger partial charge in [0.1, 0.15) is 12.4 Å². The number of hydrogen-bond donors (Lipinski definition) is 1. The van der Waals surface area contributed by atoms with Crippen molar-refractivity contribution in [3.8, 4) is 11.5 Å². The van der Waals surface area contributed by atoms with Crippen molar-refractivity contribution in [3.05, 3.63) is 57.3 Å². The Morgan fingerprint density at radius 2 is 1.67 bits per heavy atom. The normalized spacial score (nSPS) is 11.2. The Hall–Kier alpha value is -1.53. The van der Waals surface area contributed by atoms with E-state index in [0.717, 1.165) is 25.1 Å². The van der Waals surface area contributed by atoms with Gasteiger partial charge in [-0.1, -0.05) is 56.0 Å². The quantitative estimate of drug-likeness (QED) is 0.250. The lowest BCUT2D eigenvalue weighted by Gasteiger charge is -2.22. The van der Waals surface area contributed by atoms with Gasteiger partial charge in [0, 0.05) is 12.1 Å². The molecule has 2 aromatic rings. The van der Waals surface area contributed by atoms with E-state index < -0.39 is 5.82 Å². The largest absolute Gasteiger partial charge is 0.493 e. The third kappa shape index (κ3) is 9.32. The minimum atomic E-state index is -0.415. The van der Waals surface area contributed by atoms with Crippen LogP contribution in [0.1, 0.15) is 57.1 Å². The molecule has 2 rings (SSSR count). The molecule has 0 aliphatic rings. The molecule has 0 spiro atoms. The molecule has 184 valence electrons. The first-order chi connectivity index (χ1) is 16.0. The molecule has 2 aromatic carbocycles. The van der Waals surface area contributed by atoms with Gasteiger partial charge in [-0.25, -0.2) is 4.39 Å². The van der Waals surface area contributed by atoms with Crippen LogP contribution in [0.3, 0.4) is 0 Å². The van der Waals surface area contributed by atoms with E-state index in [2.05, 4.69) is 24.1 Å². The van der Waals surface area contributed by atoms with Gasteiger partial charge in [-0.3, -0.25) is 0 Å². The van der Waals surface area contributed by atoms with Crippen molar-refractivity contribution in [2.24, 2.45) is 0 Å². The fourth-order valence-electron chi connectivity index (χ4n) is 3.59. The molecule has 0 aliphatic heterocycles. The van der Waals surface area contributed by atoms with E-state index in [-0.39, 0.29) is 12.2 Å². The summed E-state index contributed by atoms with van der Waals surface area (Å²) in [5, 5.41) is 4.23. The summed E-state index contributed by atoms with van der Waals surface area (Å²) in [6.45, 7) is 9.53. The van der Waals surface area contributed by atoms with Crippen LogP contribution < -0.4 is 14.8 Å². The summed E-state index contributed by atoms with van der Waals surface area (Å²) < 4.78 is 25.3. The number of benzene rings is 2. The van der Waals surface area contributed by atoms with Crippen LogP contribution >= 0.6 is 23.2 Å². The van der Waals surface area contributed by atoms with Crippen LogP contribution in [0.25, 0.3) is 0 Å². The first-order valence-electron chi connectivity index (χ1n) is 11.8. The van der Waals surface area contributed by atoms with Gasteiger partial charge in [-0.2, -0.15) is 0 Å². The van der Waals surface area contributed by atoms with Gasteiger partial charge in [0.25, 0.3) is 0 Å². The lowest BCUT2D eigenvalue weighted by molar-refractivity contribution is 0.261. The smallest absolute Gasteiger partial charge is 0.180 e. The summed E-state index contributed by atoms with van der Waals surface area (Å²) >= 11 is 12.6. The molecule has 0 heterocycles. The van der Waals surface area contributed by atoms with E-state index in [1.54, 1.807) is 19.2 Å². The first kappa shape index (κ1) is 27.7. The van der Waals surface area contributed by atoms with Crippen molar-refractivity contribution >= 4 is 23.2 Å². The van der Waals surface area contributed by atoms with Gasteiger partial charge in [0.05, 0.1) is 17.2 Å². The van der Waals surface area contributed by atoms with Crippen LogP contribution in [-0.2, 0) is 13.2 Å². The lowest BCUT2D eigenvalue weighted by atomic mass is 10.2. The first-order valence-corrected chi connectivity index (χ1v) is 12.6. The molecule has 0 bridgehead atoms. The summed E-state index contributed by atoms with van der Waals surface area (Å²) in [6, 6.07) is 8.29. The van der Waals surface area contributed by atoms with Crippen molar-refractivity contribution in [1.82, 2.24) is 10.2 Å². The van der Waals surface area contributed by atoms with Crippen LogP contribution in [0.15, 0.2) is 30.3 Å². The molecule has 4 nitrogen and oxygen atoms in total. The van der Waals surface area contributed by atoms with Crippen LogP contribution in [-0.4, -0.2) is 38.2 Å². The molecule has 0 radical (unpaired) electrons. The highest BCUT2D eigenvalue weighted by Gasteiger charge is 2.15. The maximum atomic E-state index is 14.0. The van der Waals surface area contributed by atoms with E-state index in [0.29, 0.717) is 28.1 Å². The number of hydrogen-bond acceptors (Lipinski definition) is 4. The van der Waals surface area contributed by atoms with Gasteiger partial charge in [-0.05, 0) is 75.3 Å². The minimum Gasteiger partial charge on any atom is -0.493 e. The predicted molar refractivity (Wildman–Crippen MR) is 136 cm³/mol. The van der Waals surface area contributed by atoms with Gasteiger partial charge in [-0.15, -0.1) is 0 Å². The molecule has 0 saturated heterocycles. The predicted octanol–water partition coefficient (Wildman–Crippen LogP) is 7.10. The molecule has 1 N–H and O–H groups in total. The molecular weight excluding hydrogens is 462 g/mol. The van der Waals surface area contributed by atoms with Gasteiger partial charge in [0.2, 0.25) is 0 Å². The molecule has 0 amide bonds. The molecule has 0 fully saturated rings. The second kappa shape index (κ2) is 15.4. The van der Waals surface area contributed by atoms with E-state index >= 15 is 0 Å². The Morgan fingerprint density at radius 3 is 2.30 bits per heavy atom. The summed E-state index contributed by atoms with van der Waals surface area (Å²) in [5.74, 6) is 0.475. The standard InChI is InChI=1S/C26H37Cl2FN2O2/c1-4-6-13-31(14-7-5-2)15-9-12-30-18-20-16-23(28)26(25(17-20)32-3)33-19-21-22(27)10-8-11-24(21)29/h8,10-11,16-17,30H,4-7,9,12-15,18-19H2,1-3H3. The van der Waals surface area contributed by atoms with Gasteiger partial charge < -0.3 is 19.7 Å². The average molecular weight is 499 g/mol. The zero-order chi connectivity index (χ0) is 24.1. The molecule has 0 saturated carbocycles. The molecule has 0 aromatic heterocycles. The average Bonchev–Trinajstić information content (AvgIpc) is 2.80. The van der Waals surface area contributed by atoms with Crippen LogP contribution in [0.5, 0.6) is 11.5 Å². The van der Waals surface area contributed by atoms with Crippen molar-refractivity contribution in [3.63, 3.8) is 0 Å².